The number of nitrogens with zero attached hydrogens (tertiary/aromatic N) is 5. The first-order valence-corrected chi connectivity index (χ1v) is 18.6. The minimum atomic E-state index is -0.382. The Kier molecular flexibility index (Phi) is 10.2. The number of aromatic nitrogens is 2. The molecule has 2 aromatic carbocycles. The van der Waals surface area contributed by atoms with Gasteiger partial charge in [0.15, 0.2) is 0 Å². The zero-order valence-corrected chi connectivity index (χ0v) is 30.2. The van der Waals surface area contributed by atoms with Gasteiger partial charge in [0, 0.05) is 70.2 Å². The molecule has 0 aliphatic carbocycles. The van der Waals surface area contributed by atoms with E-state index in [4.69, 9.17) is 20.4 Å². The largest absolute Gasteiger partial charge is 0.389 e. The highest BCUT2D eigenvalue weighted by molar-refractivity contribution is 7.29. The molecule has 4 aliphatic rings. The number of halogens is 1. The van der Waals surface area contributed by atoms with Crippen LogP contribution in [0.25, 0.3) is 32.1 Å². The molecule has 250 valence electrons. The van der Waals surface area contributed by atoms with E-state index in [9.17, 15) is 5.26 Å². The van der Waals surface area contributed by atoms with Crippen molar-refractivity contribution in [2.24, 2.45) is 5.92 Å². The van der Waals surface area contributed by atoms with E-state index >= 15 is 4.39 Å². The third-order valence-corrected chi connectivity index (χ3v) is 11.4. The number of thiophene rings is 1. The lowest BCUT2D eigenvalue weighted by atomic mass is 9.90. The average molecular weight is 676 g/mol. The molecule has 4 aromatic rings. The minimum absolute atomic E-state index is 0.323. The van der Waals surface area contributed by atoms with Gasteiger partial charge >= 0.3 is 0 Å². The van der Waals surface area contributed by atoms with Crippen molar-refractivity contribution in [1.82, 2.24) is 15.3 Å². The van der Waals surface area contributed by atoms with Gasteiger partial charge in [-0.2, -0.15) is 10.2 Å². The number of ether oxygens (including phenoxy) is 1. The van der Waals surface area contributed by atoms with Crippen LogP contribution in [0.15, 0.2) is 12.1 Å². The minimum Gasteiger partial charge on any atom is -0.389 e. The molecule has 0 spiro atoms. The van der Waals surface area contributed by atoms with Crippen molar-refractivity contribution >= 4 is 63.6 Å². The molecule has 8 rings (SSSR count). The van der Waals surface area contributed by atoms with Crippen molar-refractivity contribution in [3.8, 4) is 17.2 Å². The van der Waals surface area contributed by atoms with Gasteiger partial charge in [-0.05, 0) is 48.4 Å². The van der Waals surface area contributed by atoms with E-state index < -0.39 is 0 Å². The van der Waals surface area contributed by atoms with Crippen LogP contribution in [0.1, 0.15) is 83.4 Å². The van der Waals surface area contributed by atoms with Crippen LogP contribution in [-0.4, -0.2) is 48.2 Å². The maximum atomic E-state index is 16.0. The van der Waals surface area contributed by atoms with E-state index in [0.29, 0.717) is 52.7 Å². The van der Waals surface area contributed by atoms with Gasteiger partial charge in [-0.15, -0.1) is 20.6 Å². The SMILES string of the molecule is CC.CC1CCN(c2nc(N3C4CCC3CNC4)c3c4c(c(-c5c(F)ccc6sc(N)c(C#N)c56)c(P)c3n2)COC4)C1.CCCC. The lowest BCUT2D eigenvalue weighted by Gasteiger charge is -2.37. The van der Waals surface area contributed by atoms with Crippen molar-refractivity contribution in [1.29, 1.82) is 5.26 Å². The standard InChI is InChI=1S/C30H31FN7OPS.C4H10.C2H6/c1-14-6-7-37(11-14)30-35-26-24(29(36-30)38-15-2-3-16(38)10-34-9-15)19-13-39-12-18(19)23(27(26)40)25-20(31)4-5-21-22(25)17(8-32)28(33)41-21;1-3-4-2;1-2/h4-5,14-16,34H,2-3,6-7,9-13,33,40H2,1H3;3-4H2,1-2H3;1-2H3. The summed E-state index contributed by atoms with van der Waals surface area (Å²) in [6, 6.07) is 6.18. The van der Waals surface area contributed by atoms with E-state index in [1.165, 1.54) is 30.2 Å². The van der Waals surface area contributed by atoms with Crippen molar-refractivity contribution in [3.05, 3.63) is 34.6 Å². The van der Waals surface area contributed by atoms with Gasteiger partial charge in [0.1, 0.15) is 22.7 Å². The molecule has 6 heterocycles. The first-order chi connectivity index (χ1) is 22.9. The maximum Gasteiger partial charge on any atom is 0.227 e. The molecule has 47 heavy (non-hydrogen) atoms. The van der Waals surface area contributed by atoms with Crippen LogP contribution in [-0.2, 0) is 18.0 Å². The monoisotopic (exact) mass is 675 g/mol. The molecule has 2 bridgehead atoms. The van der Waals surface area contributed by atoms with Crippen LogP contribution in [0.3, 0.4) is 0 Å². The zero-order chi connectivity index (χ0) is 33.4. The maximum absolute atomic E-state index is 16.0. The fraction of sp³-hybridized carbons (Fsp3) is 0.528. The molecular weight excluding hydrogens is 628 g/mol. The van der Waals surface area contributed by atoms with Gasteiger partial charge in [-0.1, -0.05) is 47.5 Å². The van der Waals surface area contributed by atoms with Gasteiger partial charge in [-0.25, -0.2) is 9.37 Å². The van der Waals surface area contributed by atoms with Crippen molar-refractivity contribution in [2.75, 3.05) is 41.7 Å². The van der Waals surface area contributed by atoms with Crippen LogP contribution in [0.4, 0.5) is 21.2 Å². The summed E-state index contributed by atoms with van der Waals surface area (Å²) < 4.78 is 22.9. The number of anilines is 3. The third-order valence-electron chi connectivity index (χ3n) is 9.89. The Balaban J connectivity index is 0.000000601. The predicted octanol–water partition coefficient (Wildman–Crippen LogP) is 7.25. The lowest BCUT2D eigenvalue weighted by molar-refractivity contribution is 0.135. The Labute approximate surface area is 284 Å². The van der Waals surface area contributed by atoms with E-state index in [1.807, 2.05) is 13.8 Å². The number of nitrogen functional groups attached to an aromatic ring is 1. The fourth-order valence-corrected chi connectivity index (χ4v) is 8.92. The van der Waals surface area contributed by atoms with Crippen LogP contribution in [0, 0.1) is 23.1 Å². The number of hydrogen-bond acceptors (Lipinski definition) is 9. The predicted molar refractivity (Wildman–Crippen MR) is 197 cm³/mol. The second-order valence-electron chi connectivity index (χ2n) is 12.8. The highest BCUT2D eigenvalue weighted by Crippen LogP contribution is 2.47. The van der Waals surface area contributed by atoms with E-state index in [1.54, 1.807) is 6.07 Å². The van der Waals surface area contributed by atoms with Crippen molar-refractivity contribution in [3.63, 3.8) is 0 Å². The number of rotatable bonds is 4. The number of benzene rings is 2. The highest BCUT2D eigenvalue weighted by atomic mass is 32.1. The molecule has 4 unspecified atom stereocenters. The van der Waals surface area contributed by atoms with Crippen molar-refractivity contribution in [2.45, 2.75) is 92.0 Å². The summed E-state index contributed by atoms with van der Waals surface area (Å²) in [5.74, 6) is 1.91. The molecule has 3 fully saturated rings. The number of piperazine rings is 1. The average Bonchev–Trinajstić information content (AvgIpc) is 3.87. The Morgan fingerprint density at radius 2 is 1.77 bits per heavy atom. The van der Waals surface area contributed by atoms with E-state index in [2.05, 4.69) is 51.2 Å². The Morgan fingerprint density at radius 3 is 2.40 bits per heavy atom. The fourth-order valence-electron chi connectivity index (χ4n) is 7.46. The number of fused-ring (bicyclic) bond motifs is 6. The number of nitriles is 1. The number of nitrogens with two attached hydrogens (primary N) is 1. The van der Waals surface area contributed by atoms with Crippen molar-refractivity contribution < 1.29 is 9.13 Å². The molecule has 8 nitrogen and oxygen atoms in total. The van der Waals surface area contributed by atoms with Gasteiger partial charge in [-0.3, -0.25) is 0 Å². The molecule has 2 aromatic heterocycles. The number of nitrogens with one attached hydrogen (secondary N) is 1. The summed E-state index contributed by atoms with van der Waals surface area (Å²) in [6.45, 7) is 15.1. The summed E-state index contributed by atoms with van der Waals surface area (Å²) in [4.78, 5) is 15.4. The molecule has 11 heteroatoms. The summed E-state index contributed by atoms with van der Waals surface area (Å²) >= 11 is 1.32. The van der Waals surface area contributed by atoms with Crippen LogP contribution >= 0.6 is 20.6 Å². The Bertz CT molecular complexity index is 1820. The van der Waals surface area contributed by atoms with Crippen LogP contribution in [0.5, 0.6) is 0 Å². The van der Waals surface area contributed by atoms with E-state index in [-0.39, 0.29) is 5.82 Å². The van der Waals surface area contributed by atoms with Gasteiger partial charge in [0.2, 0.25) is 5.95 Å². The smallest absolute Gasteiger partial charge is 0.227 e. The Hall–Kier alpha value is -3.09. The summed E-state index contributed by atoms with van der Waals surface area (Å²) in [7, 11) is 2.88. The molecule has 3 saturated heterocycles. The van der Waals surface area contributed by atoms with Gasteiger partial charge in [0.05, 0.1) is 24.3 Å². The Morgan fingerprint density at radius 1 is 1.06 bits per heavy atom. The van der Waals surface area contributed by atoms with E-state index in [0.717, 1.165) is 94.8 Å². The second kappa shape index (κ2) is 14.2. The summed E-state index contributed by atoms with van der Waals surface area (Å²) in [5.41, 5.74) is 10.5. The summed E-state index contributed by atoms with van der Waals surface area (Å²) in [5, 5.41) is 16.4. The molecule has 4 atom stereocenters. The first kappa shape index (κ1) is 33.8. The second-order valence-corrected chi connectivity index (χ2v) is 14.5. The first-order valence-electron chi connectivity index (χ1n) is 17.2. The molecule has 3 N–H and O–H groups in total. The van der Waals surface area contributed by atoms with Gasteiger partial charge in [0.25, 0.3) is 0 Å². The van der Waals surface area contributed by atoms with Gasteiger partial charge < -0.3 is 25.6 Å². The molecule has 4 aliphatic heterocycles. The number of unbranched alkanes of at least 4 members (excludes halogenated alkanes) is 1. The molecule has 0 saturated carbocycles. The van der Waals surface area contributed by atoms with Crippen LogP contribution in [0.2, 0.25) is 0 Å². The normalized spacial score (nSPS) is 21.4. The quantitative estimate of drug-likeness (QED) is 0.218. The highest BCUT2D eigenvalue weighted by Gasteiger charge is 2.40. The number of hydrogen-bond donors (Lipinski definition) is 2. The molecular formula is C36H47FN7OPS. The summed E-state index contributed by atoms with van der Waals surface area (Å²) in [6.07, 6.45) is 6.01. The third kappa shape index (κ3) is 5.84. The lowest BCUT2D eigenvalue weighted by Crippen LogP contribution is -2.52. The zero-order valence-electron chi connectivity index (χ0n) is 28.3. The molecule has 0 radical (unpaired) electrons. The van der Waals surface area contributed by atoms with Crippen LogP contribution < -0.4 is 26.2 Å². The topological polar surface area (TPSA) is 103 Å². The molecule has 0 amide bonds.